The second-order valence-electron chi connectivity index (χ2n) is 12.8. The predicted octanol–water partition coefficient (Wildman–Crippen LogP) is 6.01. The molecule has 9 rings (SSSR count). The van der Waals surface area contributed by atoms with Gasteiger partial charge in [-0.3, -0.25) is 29.0 Å². The minimum absolute atomic E-state index is 0.171. The molecule has 6 nitrogen and oxygen atoms in total. The number of allylic oxidation sites excluding steroid dienone is 4. The second-order valence-corrected chi connectivity index (χ2v) is 12.8. The van der Waals surface area contributed by atoms with Crippen LogP contribution in [0.2, 0.25) is 0 Å². The molecule has 2 saturated heterocycles. The van der Waals surface area contributed by atoms with E-state index < -0.39 is 23.7 Å². The Balaban J connectivity index is 1.25. The Labute approximate surface area is 257 Å². The minimum Gasteiger partial charge on any atom is -0.274 e. The van der Waals surface area contributed by atoms with Crippen LogP contribution < -0.4 is 9.80 Å². The van der Waals surface area contributed by atoms with Gasteiger partial charge in [-0.15, -0.1) is 0 Å². The van der Waals surface area contributed by atoms with Crippen LogP contribution in [-0.4, -0.2) is 23.6 Å². The van der Waals surface area contributed by atoms with E-state index in [1.54, 1.807) is 0 Å². The fourth-order valence-corrected chi connectivity index (χ4v) is 8.79. The number of benzene rings is 3. The summed E-state index contributed by atoms with van der Waals surface area (Å²) in [6.45, 7) is 4.14. The fourth-order valence-electron chi connectivity index (χ4n) is 8.79. The molecule has 0 radical (unpaired) electrons. The predicted molar refractivity (Wildman–Crippen MR) is 168 cm³/mol. The average molecular weight is 583 g/mol. The van der Waals surface area contributed by atoms with Crippen LogP contribution in [0.4, 0.5) is 11.4 Å². The number of hydrogen-bond acceptors (Lipinski definition) is 4. The van der Waals surface area contributed by atoms with E-state index in [1.165, 1.54) is 9.80 Å². The first-order valence-electron chi connectivity index (χ1n) is 15.8. The number of nitrogens with zero attached hydrogens (tertiary/aromatic N) is 2. The summed E-state index contributed by atoms with van der Waals surface area (Å²) in [7, 11) is 0. The zero-order chi connectivity index (χ0) is 30.3. The van der Waals surface area contributed by atoms with Crippen molar-refractivity contribution in [1.29, 1.82) is 0 Å². The lowest BCUT2D eigenvalue weighted by atomic mass is 9.49. The molecule has 6 heteroatoms. The zero-order valence-electron chi connectivity index (χ0n) is 24.9. The van der Waals surface area contributed by atoms with E-state index in [0.29, 0.717) is 17.8 Å². The Hall–Kier alpha value is -4.58. The van der Waals surface area contributed by atoms with Gasteiger partial charge < -0.3 is 0 Å². The highest BCUT2D eigenvalue weighted by Crippen LogP contribution is 2.63. The summed E-state index contributed by atoms with van der Waals surface area (Å²) in [4.78, 5) is 59.6. The van der Waals surface area contributed by atoms with Gasteiger partial charge in [-0.1, -0.05) is 86.2 Å². The third-order valence-electron chi connectivity index (χ3n) is 10.8. The summed E-state index contributed by atoms with van der Waals surface area (Å²) in [5.74, 6) is -3.89. The Morgan fingerprint density at radius 3 is 1.73 bits per heavy atom. The zero-order valence-corrected chi connectivity index (χ0v) is 24.9. The topological polar surface area (TPSA) is 74.8 Å². The Morgan fingerprint density at radius 1 is 0.591 bits per heavy atom. The van der Waals surface area contributed by atoms with Crippen molar-refractivity contribution in [2.45, 2.75) is 33.1 Å². The smallest absolute Gasteiger partial charge is 0.238 e. The van der Waals surface area contributed by atoms with Crippen molar-refractivity contribution >= 4 is 40.6 Å². The largest absolute Gasteiger partial charge is 0.274 e. The van der Waals surface area contributed by atoms with E-state index in [1.807, 2.05) is 66.7 Å². The number of rotatable bonds is 5. The highest BCUT2D eigenvalue weighted by Gasteiger charge is 2.67. The van der Waals surface area contributed by atoms with Gasteiger partial charge in [0.2, 0.25) is 23.6 Å². The maximum atomic E-state index is 14.4. The molecule has 4 aliphatic carbocycles. The monoisotopic (exact) mass is 582 g/mol. The Kier molecular flexibility index (Phi) is 6.12. The highest BCUT2D eigenvalue weighted by atomic mass is 16.2. The van der Waals surface area contributed by atoms with Crippen LogP contribution in [0.1, 0.15) is 37.0 Å². The van der Waals surface area contributed by atoms with E-state index in [0.717, 1.165) is 40.7 Å². The van der Waals surface area contributed by atoms with Gasteiger partial charge in [0.1, 0.15) is 0 Å². The summed E-state index contributed by atoms with van der Waals surface area (Å²) in [6, 6.07) is 25.4. The van der Waals surface area contributed by atoms with Gasteiger partial charge in [0.15, 0.2) is 0 Å². The molecular weight excluding hydrogens is 548 g/mol. The standard InChI is InChI=1S/C38H34N2O4/c1-3-21-10-14-24(15-11-21)39-35(41)29-20-28(23-8-6-5-7-9-23)30-26-18-19-27(31(30)34(29)38(39)44)33-32(26)36(42)40(37(33)43)25-16-12-22(4-2)13-17-25/h5-19,26-27,29,31-34H,3-4,20H2,1-2H3. The fraction of sp³-hybridized carbons (Fsp3) is 0.316. The van der Waals surface area contributed by atoms with Gasteiger partial charge in [-0.2, -0.15) is 0 Å². The molecule has 7 unspecified atom stereocenters. The van der Waals surface area contributed by atoms with Crippen molar-refractivity contribution in [3.8, 4) is 0 Å². The second kappa shape index (κ2) is 9.98. The minimum atomic E-state index is -0.574. The van der Waals surface area contributed by atoms with Gasteiger partial charge in [-0.05, 0) is 71.7 Å². The van der Waals surface area contributed by atoms with Crippen LogP contribution in [0, 0.1) is 41.4 Å². The molecule has 7 atom stereocenters. The number of anilines is 2. The summed E-state index contributed by atoms with van der Waals surface area (Å²) in [5.41, 5.74) is 6.60. The lowest BCUT2D eigenvalue weighted by Gasteiger charge is -2.51. The molecule has 3 aromatic rings. The molecule has 6 aliphatic rings. The van der Waals surface area contributed by atoms with Gasteiger partial charge >= 0.3 is 0 Å². The molecule has 0 N–H and O–H groups in total. The van der Waals surface area contributed by atoms with Crippen LogP contribution in [0.5, 0.6) is 0 Å². The van der Waals surface area contributed by atoms with E-state index in [-0.39, 0.29) is 41.4 Å². The first-order chi connectivity index (χ1) is 21.4. The van der Waals surface area contributed by atoms with E-state index in [2.05, 4.69) is 38.1 Å². The van der Waals surface area contributed by atoms with Crippen LogP contribution in [0.3, 0.4) is 0 Å². The highest BCUT2D eigenvalue weighted by molar-refractivity contribution is 6.24. The van der Waals surface area contributed by atoms with Crippen molar-refractivity contribution in [2.75, 3.05) is 9.80 Å². The molecule has 2 aliphatic heterocycles. The first-order valence-corrected chi connectivity index (χ1v) is 15.8. The number of carbonyl (C=O) groups is 4. The molecule has 2 bridgehead atoms. The number of amides is 4. The number of aryl methyl sites for hydroxylation is 2. The number of hydrogen-bond donors (Lipinski definition) is 0. The van der Waals surface area contributed by atoms with E-state index in [4.69, 9.17) is 0 Å². The number of fused-ring (bicyclic) bond motifs is 1. The summed E-state index contributed by atoms with van der Waals surface area (Å²) in [5, 5.41) is 0. The van der Waals surface area contributed by atoms with Crippen LogP contribution in [-0.2, 0) is 32.0 Å². The van der Waals surface area contributed by atoms with Crippen molar-refractivity contribution in [3.63, 3.8) is 0 Å². The summed E-state index contributed by atoms with van der Waals surface area (Å²) in [6.07, 6.45) is 6.34. The molecule has 2 heterocycles. The van der Waals surface area contributed by atoms with Crippen molar-refractivity contribution in [2.24, 2.45) is 41.4 Å². The molecule has 3 fully saturated rings. The summed E-state index contributed by atoms with van der Waals surface area (Å²) < 4.78 is 0. The van der Waals surface area contributed by atoms with Crippen LogP contribution in [0.25, 0.3) is 5.57 Å². The van der Waals surface area contributed by atoms with Gasteiger partial charge in [0, 0.05) is 11.8 Å². The molecular formula is C38H34N2O4. The lowest BCUT2D eigenvalue weighted by molar-refractivity contribution is -0.129. The maximum Gasteiger partial charge on any atom is 0.238 e. The SMILES string of the molecule is CCc1ccc(N2C(=O)C3CC(c4ccccc4)=C4C5C=CC(C6C(=O)N(c7ccc(CC)cc7)C(=O)C56)C4C3C2=O)cc1. The Morgan fingerprint density at radius 2 is 1.14 bits per heavy atom. The van der Waals surface area contributed by atoms with Gasteiger partial charge in [0.25, 0.3) is 0 Å². The van der Waals surface area contributed by atoms with E-state index in [9.17, 15) is 19.2 Å². The van der Waals surface area contributed by atoms with Crippen molar-refractivity contribution in [3.05, 3.63) is 113 Å². The molecule has 220 valence electrons. The number of imide groups is 2. The van der Waals surface area contributed by atoms with Crippen molar-refractivity contribution in [1.82, 2.24) is 0 Å². The Bertz CT molecular complexity index is 1770. The molecule has 1 saturated carbocycles. The van der Waals surface area contributed by atoms with E-state index >= 15 is 0 Å². The third-order valence-corrected chi connectivity index (χ3v) is 10.8. The molecule has 44 heavy (non-hydrogen) atoms. The molecule has 4 amide bonds. The molecule has 0 spiro atoms. The quantitative estimate of drug-likeness (QED) is 0.273. The van der Waals surface area contributed by atoms with Crippen LogP contribution in [0.15, 0.2) is 96.6 Å². The van der Waals surface area contributed by atoms with Crippen LogP contribution >= 0.6 is 0 Å². The first kappa shape index (κ1) is 27.0. The lowest BCUT2D eigenvalue weighted by Crippen LogP contribution is -2.51. The van der Waals surface area contributed by atoms with Gasteiger partial charge in [-0.25, -0.2) is 0 Å². The normalized spacial score (nSPS) is 30.3. The average Bonchev–Trinajstić information content (AvgIpc) is 3.50. The number of carbonyl (C=O) groups excluding carboxylic acids is 4. The molecule has 0 aromatic heterocycles. The third kappa shape index (κ3) is 3.66. The molecule has 3 aromatic carbocycles. The summed E-state index contributed by atoms with van der Waals surface area (Å²) >= 11 is 0. The van der Waals surface area contributed by atoms with Crippen molar-refractivity contribution < 1.29 is 19.2 Å². The van der Waals surface area contributed by atoms with Gasteiger partial charge in [0.05, 0.1) is 35.0 Å². The maximum absolute atomic E-state index is 14.4.